The van der Waals surface area contributed by atoms with E-state index in [0.717, 1.165) is 23.0 Å². The minimum absolute atomic E-state index is 0.746. The number of aryl methyl sites for hydroxylation is 1. The second-order valence-electron chi connectivity index (χ2n) is 11.5. The molecule has 3 aromatic carbocycles. The number of fused-ring (bicyclic) bond motifs is 1. The molecule has 37 heavy (non-hydrogen) atoms. The van der Waals surface area contributed by atoms with Gasteiger partial charge in [0.05, 0.1) is 0 Å². The van der Waals surface area contributed by atoms with Gasteiger partial charge in [-0.1, -0.05) is 120 Å². The molecule has 0 aliphatic heterocycles. The van der Waals surface area contributed by atoms with Gasteiger partial charge in [-0.15, -0.1) is 0 Å². The summed E-state index contributed by atoms with van der Waals surface area (Å²) >= 11 is 0. The molecule has 0 N–H and O–H groups in total. The van der Waals surface area contributed by atoms with E-state index in [1.54, 1.807) is 0 Å². The number of unbranched alkanes of at least 4 members (excludes halogenated alkanes) is 7. The minimum Gasteiger partial charge on any atom is -0.0654 e. The molecule has 196 valence electrons. The first kappa shape index (κ1) is 27.5. The van der Waals surface area contributed by atoms with Crippen LogP contribution in [0, 0.1) is 17.8 Å². The Kier molecular flexibility index (Phi) is 11.2. The lowest BCUT2D eigenvalue weighted by atomic mass is 9.77. The number of hydrogen-bond acceptors (Lipinski definition) is 0. The van der Waals surface area contributed by atoms with Crippen LogP contribution in [-0.2, 0) is 6.42 Å². The van der Waals surface area contributed by atoms with Gasteiger partial charge in [0.2, 0.25) is 0 Å². The summed E-state index contributed by atoms with van der Waals surface area (Å²) in [5.41, 5.74) is 5.19. The summed E-state index contributed by atoms with van der Waals surface area (Å²) in [7, 11) is 0. The van der Waals surface area contributed by atoms with Gasteiger partial charge in [-0.2, -0.15) is 0 Å². The summed E-state index contributed by atoms with van der Waals surface area (Å²) in [6.07, 6.45) is 20.5. The van der Waals surface area contributed by atoms with Crippen molar-refractivity contribution in [2.75, 3.05) is 0 Å². The summed E-state index contributed by atoms with van der Waals surface area (Å²) in [5, 5.41) is 2.62. The predicted molar refractivity (Wildman–Crippen MR) is 162 cm³/mol. The van der Waals surface area contributed by atoms with E-state index in [0.29, 0.717) is 0 Å². The van der Waals surface area contributed by atoms with E-state index >= 15 is 0 Å². The van der Waals surface area contributed by atoms with Crippen molar-refractivity contribution in [2.24, 2.45) is 5.92 Å². The molecule has 0 saturated heterocycles. The van der Waals surface area contributed by atoms with Crippen molar-refractivity contribution in [1.82, 2.24) is 0 Å². The molecule has 1 aliphatic carbocycles. The van der Waals surface area contributed by atoms with Gasteiger partial charge >= 0.3 is 0 Å². The highest BCUT2D eigenvalue weighted by molar-refractivity contribution is 5.84. The van der Waals surface area contributed by atoms with E-state index in [1.165, 1.54) is 118 Å². The first-order chi connectivity index (χ1) is 18.2. The number of benzene rings is 3. The van der Waals surface area contributed by atoms with Crippen molar-refractivity contribution in [1.29, 1.82) is 0 Å². The summed E-state index contributed by atoms with van der Waals surface area (Å²) in [6, 6.07) is 22.7. The largest absolute Gasteiger partial charge is 0.0654 e. The van der Waals surface area contributed by atoms with Gasteiger partial charge < -0.3 is 0 Å². The van der Waals surface area contributed by atoms with Gasteiger partial charge in [0.15, 0.2) is 0 Å². The zero-order valence-electron chi connectivity index (χ0n) is 23.5. The molecule has 0 bridgehead atoms. The first-order valence-corrected chi connectivity index (χ1v) is 15.4. The maximum atomic E-state index is 3.41. The molecule has 0 amide bonds. The fourth-order valence-electron chi connectivity index (χ4n) is 6.09. The maximum Gasteiger partial charge on any atom is 0.0255 e. The van der Waals surface area contributed by atoms with Crippen LogP contribution in [0.3, 0.4) is 0 Å². The fourth-order valence-corrected chi connectivity index (χ4v) is 6.09. The molecule has 4 rings (SSSR count). The Morgan fingerprint density at radius 1 is 0.595 bits per heavy atom. The van der Waals surface area contributed by atoms with Crippen molar-refractivity contribution in [3.05, 3.63) is 82.9 Å². The van der Waals surface area contributed by atoms with Crippen LogP contribution in [0.1, 0.15) is 132 Å². The highest BCUT2D eigenvalue weighted by Crippen LogP contribution is 2.37. The average Bonchev–Trinajstić information content (AvgIpc) is 2.94. The van der Waals surface area contributed by atoms with Crippen LogP contribution in [0.2, 0.25) is 0 Å². The normalized spacial score (nSPS) is 17.5. The molecular weight excluding hydrogens is 444 g/mol. The second kappa shape index (κ2) is 15.0. The fraction of sp³-hybridized carbons (Fsp3) is 0.514. The van der Waals surface area contributed by atoms with Crippen LogP contribution in [0.5, 0.6) is 0 Å². The molecule has 0 heterocycles. The van der Waals surface area contributed by atoms with Crippen LogP contribution in [-0.4, -0.2) is 0 Å². The summed E-state index contributed by atoms with van der Waals surface area (Å²) < 4.78 is 0. The molecule has 0 spiro atoms. The van der Waals surface area contributed by atoms with E-state index in [-0.39, 0.29) is 0 Å². The summed E-state index contributed by atoms with van der Waals surface area (Å²) in [5.74, 6) is 8.53. The van der Waals surface area contributed by atoms with Crippen LogP contribution in [0.25, 0.3) is 10.8 Å². The van der Waals surface area contributed by atoms with Gasteiger partial charge in [0.1, 0.15) is 0 Å². The molecule has 0 nitrogen and oxygen atoms in total. The average molecular weight is 493 g/mol. The minimum atomic E-state index is 0.746. The Balaban J connectivity index is 1.28. The molecule has 0 aromatic heterocycles. The van der Waals surface area contributed by atoms with Gasteiger partial charge in [-0.05, 0) is 96.5 Å². The Morgan fingerprint density at radius 3 is 2.00 bits per heavy atom. The van der Waals surface area contributed by atoms with E-state index in [4.69, 9.17) is 0 Å². The van der Waals surface area contributed by atoms with Gasteiger partial charge in [0.25, 0.3) is 0 Å². The molecule has 0 unspecified atom stereocenters. The van der Waals surface area contributed by atoms with Crippen LogP contribution in [0.15, 0.2) is 60.7 Å². The monoisotopic (exact) mass is 492 g/mol. The SMILES string of the molecule is CCCCCCCCc1ccc2cc(C#Cc3ccc(C4CCC(CCCCC)CC4)cc3)ccc2c1. The molecule has 0 radical (unpaired) electrons. The van der Waals surface area contributed by atoms with Crippen molar-refractivity contribution < 1.29 is 0 Å². The van der Waals surface area contributed by atoms with Gasteiger partial charge in [-0.3, -0.25) is 0 Å². The Bertz CT molecular complexity index is 1130. The van der Waals surface area contributed by atoms with Crippen LogP contribution < -0.4 is 0 Å². The highest BCUT2D eigenvalue weighted by Gasteiger charge is 2.21. The molecule has 3 aromatic rings. The topological polar surface area (TPSA) is 0 Å². The highest BCUT2D eigenvalue weighted by atomic mass is 14.3. The van der Waals surface area contributed by atoms with Crippen LogP contribution in [0.4, 0.5) is 0 Å². The van der Waals surface area contributed by atoms with Gasteiger partial charge in [-0.25, -0.2) is 0 Å². The second-order valence-corrected chi connectivity index (χ2v) is 11.5. The number of rotatable bonds is 12. The zero-order valence-corrected chi connectivity index (χ0v) is 23.5. The molecule has 1 fully saturated rings. The standard InChI is InChI=1S/C37H48/c1-3-5-7-8-9-11-13-32-20-26-37-29-33(21-27-36(37)28-32)15-14-31-18-24-35(25-19-31)34-22-16-30(17-23-34)12-10-6-4-2/h18-21,24-30,34H,3-13,16-17,22-23H2,1-2H3. The third-order valence-electron chi connectivity index (χ3n) is 8.52. The Labute approximate surface area is 227 Å². The summed E-state index contributed by atoms with van der Waals surface area (Å²) in [6.45, 7) is 4.59. The Morgan fingerprint density at radius 2 is 1.22 bits per heavy atom. The molecule has 1 saturated carbocycles. The Hall–Kier alpha value is -2.52. The third-order valence-corrected chi connectivity index (χ3v) is 8.52. The van der Waals surface area contributed by atoms with Crippen molar-refractivity contribution in [3.63, 3.8) is 0 Å². The van der Waals surface area contributed by atoms with Crippen LogP contribution >= 0.6 is 0 Å². The van der Waals surface area contributed by atoms with E-state index in [9.17, 15) is 0 Å². The molecular formula is C37H48. The van der Waals surface area contributed by atoms with Gasteiger partial charge in [0, 0.05) is 11.1 Å². The number of hydrogen-bond donors (Lipinski definition) is 0. The predicted octanol–water partition coefficient (Wildman–Crippen LogP) is 11.0. The molecule has 0 heteroatoms. The van der Waals surface area contributed by atoms with E-state index in [1.807, 2.05) is 0 Å². The van der Waals surface area contributed by atoms with Crippen molar-refractivity contribution >= 4 is 10.8 Å². The third kappa shape index (κ3) is 8.78. The lowest BCUT2D eigenvalue weighted by molar-refractivity contribution is 0.303. The van der Waals surface area contributed by atoms with Crippen molar-refractivity contribution in [3.8, 4) is 11.8 Å². The molecule has 0 atom stereocenters. The maximum absolute atomic E-state index is 3.41. The van der Waals surface area contributed by atoms with E-state index in [2.05, 4.69) is 86.4 Å². The lowest BCUT2D eigenvalue weighted by Crippen LogP contribution is -2.13. The zero-order chi connectivity index (χ0) is 25.7. The van der Waals surface area contributed by atoms with E-state index < -0.39 is 0 Å². The quantitative estimate of drug-likeness (QED) is 0.174. The molecule has 1 aliphatic rings. The van der Waals surface area contributed by atoms with Crippen molar-refractivity contribution in [2.45, 2.75) is 116 Å². The summed E-state index contributed by atoms with van der Waals surface area (Å²) in [4.78, 5) is 0. The first-order valence-electron chi connectivity index (χ1n) is 15.4. The smallest absolute Gasteiger partial charge is 0.0255 e. The lowest BCUT2D eigenvalue weighted by Gasteiger charge is -2.29.